The zero-order valence-corrected chi connectivity index (χ0v) is 22.5. The predicted octanol–water partition coefficient (Wildman–Crippen LogP) is 7.88. The quantitative estimate of drug-likeness (QED) is 0.216. The Morgan fingerprint density at radius 1 is 0.842 bits per heavy atom. The monoisotopic (exact) mass is 584 g/mol. The molecule has 206 valence electrons. The number of carbonyl (C=O) groups excluding carboxylic acids is 1. The first-order chi connectivity index (χ1) is 17.9. The topological polar surface area (TPSA) is 32.3 Å². The average Bonchev–Trinajstić information content (AvgIpc) is 2.91. The lowest BCUT2D eigenvalue weighted by molar-refractivity contribution is 0.0706. The zero-order valence-electron chi connectivity index (χ0n) is 20.2. The van der Waals surface area contributed by atoms with E-state index in [1.807, 2.05) is 4.90 Å². The second-order valence-corrected chi connectivity index (χ2v) is 10.5. The Morgan fingerprint density at radius 3 is 1.71 bits per heavy atom. The molecule has 1 aliphatic heterocycles. The molecule has 3 nitrogen and oxygen atoms in total. The maximum Gasteiger partial charge on any atom is 0.253 e. The molecule has 1 amide bonds. The lowest BCUT2D eigenvalue weighted by Crippen LogP contribution is -2.45. The lowest BCUT2D eigenvalue weighted by Gasteiger charge is -2.32. The Kier molecular flexibility index (Phi) is 14.1. The summed E-state index contributed by atoms with van der Waals surface area (Å²) in [5, 5.41) is 3.76. The first kappa shape index (κ1) is 32.0. The van der Waals surface area contributed by atoms with Crippen LogP contribution in [0.5, 0.6) is 0 Å². The molecular weight excluding hydrogens is 552 g/mol. The number of halogens is 5. The maximum absolute atomic E-state index is 13.4. The van der Waals surface area contributed by atoms with Crippen molar-refractivity contribution in [3.8, 4) is 0 Å². The van der Waals surface area contributed by atoms with Gasteiger partial charge in [0.1, 0.15) is 17.5 Å². The number of hydrogen-bond acceptors (Lipinski definition) is 3. The molecule has 4 rings (SSSR count). The summed E-state index contributed by atoms with van der Waals surface area (Å²) < 4.78 is 39.9. The molecule has 0 spiro atoms. The van der Waals surface area contributed by atoms with Gasteiger partial charge in [-0.2, -0.15) is 0 Å². The van der Waals surface area contributed by atoms with E-state index in [1.54, 1.807) is 36.0 Å². The first-order valence-corrected chi connectivity index (χ1v) is 14.1. The third kappa shape index (κ3) is 9.84. The summed E-state index contributed by atoms with van der Waals surface area (Å²) in [5.41, 5.74) is 2.47. The molecule has 0 atom stereocenters. The molecule has 1 aliphatic rings. The smallest absolute Gasteiger partial charge is 0.253 e. The van der Waals surface area contributed by atoms with Gasteiger partial charge in [0.15, 0.2) is 0 Å². The molecule has 0 bridgehead atoms. The second kappa shape index (κ2) is 16.7. The minimum absolute atomic E-state index is 0. The fraction of sp³-hybridized carbons (Fsp3) is 0.345. The Balaban J connectivity index is 0.00000121. The number of amides is 1. The highest BCUT2D eigenvalue weighted by Gasteiger charge is 2.23. The Bertz CT molecular complexity index is 1050. The number of benzene rings is 3. The summed E-state index contributed by atoms with van der Waals surface area (Å²) in [7, 11) is 0. The standard InChI is InChI=1S/C27H27F3N2OS.CH2Cl2.CH4/c28-22-7-1-19(2-8-22)26(20-3-9-23(29)10-4-20)34-18-15-31-25-13-16-32(17-14-25)27(33)21-5-11-24(30)12-6-21;2-1-3;/h1-12,25-26,31H,13-18H2;1H2;1H4. The summed E-state index contributed by atoms with van der Waals surface area (Å²) in [4.78, 5) is 14.4. The van der Waals surface area contributed by atoms with E-state index in [4.69, 9.17) is 23.2 Å². The van der Waals surface area contributed by atoms with E-state index in [-0.39, 0.29) is 41.4 Å². The molecular formula is C29H33Cl2F3N2OS. The Hall–Kier alpha value is -2.19. The molecule has 38 heavy (non-hydrogen) atoms. The molecule has 9 heteroatoms. The molecule has 0 unspecified atom stereocenters. The molecule has 0 aromatic heterocycles. The number of thioether (sulfide) groups is 1. The van der Waals surface area contributed by atoms with Crippen LogP contribution in [0.2, 0.25) is 0 Å². The Labute approximate surface area is 237 Å². The maximum atomic E-state index is 13.4. The van der Waals surface area contributed by atoms with Crippen molar-refractivity contribution in [1.29, 1.82) is 0 Å². The van der Waals surface area contributed by atoms with Crippen molar-refractivity contribution >= 4 is 40.9 Å². The summed E-state index contributed by atoms with van der Waals surface area (Å²) in [6, 6.07) is 18.9. The number of hydrogen-bond donors (Lipinski definition) is 1. The highest BCUT2D eigenvalue weighted by atomic mass is 35.5. The summed E-state index contributed by atoms with van der Waals surface area (Å²) >= 11 is 11.3. The molecule has 3 aromatic rings. The van der Waals surface area contributed by atoms with Crippen LogP contribution < -0.4 is 5.32 Å². The number of alkyl halides is 2. The number of likely N-dealkylation sites (tertiary alicyclic amines) is 1. The van der Waals surface area contributed by atoms with Crippen molar-refractivity contribution in [3.63, 3.8) is 0 Å². The van der Waals surface area contributed by atoms with Crippen LogP contribution in [0.25, 0.3) is 0 Å². The normalized spacial score (nSPS) is 13.5. The third-order valence-corrected chi connectivity index (χ3v) is 7.36. The van der Waals surface area contributed by atoms with Gasteiger partial charge in [-0.3, -0.25) is 4.79 Å². The molecule has 1 saturated heterocycles. The van der Waals surface area contributed by atoms with Gasteiger partial charge < -0.3 is 10.2 Å². The highest BCUT2D eigenvalue weighted by molar-refractivity contribution is 7.99. The summed E-state index contributed by atoms with van der Waals surface area (Å²) in [6.45, 7) is 2.11. The van der Waals surface area contributed by atoms with Gasteiger partial charge in [-0.1, -0.05) is 31.7 Å². The van der Waals surface area contributed by atoms with Crippen LogP contribution in [-0.2, 0) is 0 Å². The van der Waals surface area contributed by atoms with Crippen molar-refractivity contribution < 1.29 is 18.0 Å². The van der Waals surface area contributed by atoms with Gasteiger partial charge in [-0.15, -0.1) is 35.0 Å². The second-order valence-electron chi connectivity index (χ2n) is 8.48. The lowest BCUT2D eigenvalue weighted by atomic mass is 10.0. The van der Waals surface area contributed by atoms with Crippen LogP contribution in [0.3, 0.4) is 0 Å². The van der Waals surface area contributed by atoms with Crippen LogP contribution in [0.1, 0.15) is 47.0 Å². The van der Waals surface area contributed by atoms with Crippen LogP contribution in [-0.4, -0.2) is 47.6 Å². The van der Waals surface area contributed by atoms with Crippen LogP contribution in [0, 0.1) is 17.5 Å². The van der Waals surface area contributed by atoms with Gasteiger partial charge >= 0.3 is 0 Å². The fourth-order valence-electron chi connectivity index (χ4n) is 4.16. The molecule has 1 N–H and O–H groups in total. The largest absolute Gasteiger partial charge is 0.339 e. The third-order valence-electron chi connectivity index (χ3n) is 6.04. The van der Waals surface area contributed by atoms with Crippen molar-refractivity contribution in [2.24, 2.45) is 0 Å². The van der Waals surface area contributed by atoms with Crippen LogP contribution in [0.15, 0.2) is 72.8 Å². The summed E-state index contributed by atoms with van der Waals surface area (Å²) in [5.74, 6) is -0.141. The number of nitrogens with zero attached hydrogens (tertiary/aromatic N) is 1. The van der Waals surface area contributed by atoms with Crippen molar-refractivity contribution in [2.45, 2.75) is 31.6 Å². The van der Waals surface area contributed by atoms with E-state index in [0.717, 1.165) is 36.3 Å². The molecule has 0 aliphatic carbocycles. The highest BCUT2D eigenvalue weighted by Crippen LogP contribution is 2.35. The number of carbonyl (C=O) groups is 1. The predicted molar refractivity (Wildman–Crippen MR) is 154 cm³/mol. The molecule has 0 saturated carbocycles. The molecule has 1 heterocycles. The van der Waals surface area contributed by atoms with Gasteiger partial charge in [-0.05, 0) is 72.5 Å². The van der Waals surface area contributed by atoms with Crippen molar-refractivity contribution in [2.75, 3.05) is 30.7 Å². The number of piperidine rings is 1. The number of rotatable bonds is 8. The van der Waals surface area contributed by atoms with Gasteiger partial charge in [-0.25, -0.2) is 13.2 Å². The molecule has 0 radical (unpaired) electrons. The SMILES string of the molecule is C.ClCCl.O=C(c1ccc(F)cc1)N1CCC(NCCSC(c2ccc(F)cc2)c2ccc(F)cc2)CC1. The van der Waals surface area contributed by atoms with Gasteiger partial charge in [0.05, 0.1) is 10.6 Å². The minimum atomic E-state index is -0.349. The van der Waals surface area contributed by atoms with Gasteiger partial charge in [0.2, 0.25) is 0 Å². The number of nitrogens with one attached hydrogen (secondary N) is 1. The van der Waals surface area contributed by atoms with Crippen LogP contribution >= 0.6 is 35.0 Å². The zero-order chi connectivity index (χ0) is 26.6. The average molecular weight is 586 g/mol. The van der Waals surface area contributed by atoms with Gasteiger partial charge in [0, 0.05) is 37.0 Å². The van der Waals surface area contributed by atoms with E-state index in [9.17, 15) is 18.0 Å². The Morgan fingerprint density at radius 2 is 1.26 bits per heavy atom. The van der Waals surface area contributed by atoms with Crippen molar-refractivity contribution in [3.05, 3.63) is 107 Å². The van der Waals surface area contributed by atoms with E-state index < -0.39 is 0 Å². The summed E-state index contributed by atoms with van der Waals surface area (Å²) in [6.07, 6.45) is 1.72. The van der Waals surface area contributed by atoms with E-state index >= 15 is 0 Å². The van der Waals surface area contributed by atoms with Crippen LogP contribution in [0.4, 0.5) is 13.2 Å². The minimum Gasteiger partial charge on any atom is -0.339 e. The van der Waals surface area contributed by atoms with E-state index in [1.165, 1.54) is 48.5 Å². The van der Waals surface area contributed by atoms with E-state index in [2.05, 4.69) is 5.32 Å². The fourth-order valence-corrected chi connectivity index (χ4v) is 5.33. The van der Waals surface area contributed by atoms with E-state index in [0.29, 0.717) is 24.7 Å². The first-order valence-electron chi connectivity index (χ1n) is 11.9. The molecule has 1 fully saturated rings. The van der Waals surface area contributed by atoms with Crippen molar-refractivity contribution in [1.82, 2.24) is 10.2 Å². The molecule has 3 aromatic carbocycles. The van der Waals surface area contributed by atoms with Gasteiger partial charge in [0.25, 0.3) is 5.91 Å².